The van der Waals surface area contributed by atoms with Crippen molar-refractivity contribution in [3.63, 3.8) is 0 Å². The zero-order chi connectivity index (χ0) is 15.7. The number of aliphatic hydroxyl groups is 1. The Bertz CT molecular complexity index is 548. The highest BCUT2D eigenvalue weighted by molar-refractivity contribution is 7.80. The van der Waals surface area contributed by atoms with Gasteiger partial charge in [-0.2, -0.15) is 5.10 Å². The van der Waals surface area contributed by atoms with E-state index in [9.17, 15) is 5.11 Å². The number of thiocarbonyl (C=S) groups is 1. The molecule has 0 aromatic carbocycles. The molecule has 0 aliphatic carbocycles. The third-order valence-electron chi connectivity index (χ3n) is 3.92. The molecule has 0 radical (unpaired) electrons. The highest BCUT2D eigenvalue weighted by Gasteiger charge is 2.34. The van der Waals surface area contributed by atoms with E-state index in [0.29, 0.717) is 23.8 Å². The topological polar surface area (TPSA) is 78.5 Å². The van der Waals surface area contributed by atoms with Crippen molar-refractivity contribution < 1.29 is 5.11 Å². The molecule has 1 aromatic rings. The van der Waals surface area contributed by atoms with Crippen LogP contribution in [-0.4, -0.2) is 64.5 Å². The summed E-state index contributed by atoms with van der Waals surface area (Å²) in [5.41, 5.74) is 8.45. The summed E-state index contributed by atoms with van der Waals surface area (Å²) < 4.78 is 0. The van der Waals surface area contributed by atoms with Crippen LogP contribution in [0.15, 0.2) is 0 Å². The molecule has 3 N–H and O–H groups in total. The Morgan fingerprint density at radius 1 is 1.43 bits per heavy atom. The van der Waals surface area contributed by atoms with Gasteiger partial charge in [-0.3, -0.25) is 0 Å². The quantitative estimate of drug-likeness (QED) is 0.771. The normalized spacial score (nSPS) is 22.1. The molecule has 2 atom stereocenters. The first-order valence-electron chi connectivity index (χ1n) is 7.04. The summed E-state index contributed by atoms with van der Waals surface area (Å²) in [6.45, 7) is 5.22. The van der Waals surface area contributed by atoms with E-state index in [-0.39, 0.29) is 12.1 Å². The van der Waals surface area contributed by atoms with Gasteiger partial charge in [-0.15, -0.1) is 5.10 Å². The summed E-state index contributed by atoms with van der Waals surface area (Å²) in [7, 11) is 4.03. The number of aromatic nitrogens is 2. The lowest BCUT2D eigenvalue weighted by Crippen LogP contribution is -2.39. The Morgan fingerprint density at radius 2 is 2.10 bits per heavy atom. The average Bonchev–Trinajstić information content (AvgIpc) is 2.71. The second kappa shape index (κ2) is 6.21. The van der Waals surface area contributed by atoms with Crippen molar-refractivity contribution in [3.8, 4) is 0 Å². The first-order valence-corrected chi connectivity index (χ1v) is 7.45. The maximum atomic E-state index is 10.0. The molecule has 2 unspecified atom stereocenters. The molecule has 7 heteroatoms. The average molecular weight is 309 g/mol. The summed E-state index contributed by atoms with van der Waals surface area (Å²) in [4.78, 5) is 4.51. The first-order chi connectivity index (χ1) is 9.81. The maximum absolute atomic E-state index is 10.0. The molecular weight excluding hydrogens is 286 g/mol. The van der Waals surface area contributed by atoms with Crippen LogP contribution in [0, 0.1) is 13.8 Å². The van der Waals surface area contributed by atoms with Crippen LogP contribution in [0.4, 0.5) is 5.82 Å². The fraction of sp³-hybridized carbons (Fsp3) is 0.643. The molecule has 2 rings (SSSR count). The van der Waals surface area contributed by atoms with Crippen molar-refractivity contribution in [2.24, 2.45) is 5.73 Å². The van der Waals surface area contributed by atoms with E-state index in [0.717, 1.165) is 23.4 Å². The molecule has 1 fully saturated rings. The lowest BCUT2D eigenvalue weighted by molar-refractivity contribution is 0.191. The van der Waals surface area contributed by atoms with Gasteiger partial charge in [0.25, 0.3) is 0 Å². The van der Waals surface area contributed by atoms with Gasteiger partial charge >= 0.3 is 0 Å². The van der Waals surface area contributed by atoms with E-state index in [1.807, 2.05) is 27.9 Å². The zero-order valence-electron chi connectivity index (χ0n) is 13.0. The number of aliphatic hydroxyl groups excluding tert-OH is 1. The van der Waals surface area contributed by atoms with E-state index in [1.165, 1.54) is 0 Å². The van der Waals surface area contributed by atoms with E-state index in [4.69, 9.17) is 18.0 Å². The van der Waals surface area contributed by atoms with Crippen LogP contribution in [0.1, 0.15) is 23.2 Å². The van der Waals surface area contributed by atoms with E-state index in [2.05, 4.69) is 20.0 Å². The van der Waals surface area contributed by atoms with Gasteiger partial charge in [0.1, 0.15) is 4.99 Å². The molecule has 1 saturated heterocycles. The van der Waals surface area contributed by atoms with Crippen LogP contribution >= 0.6 is 12.2 Å². The molecule has 0 spiro atoms. The van der Waals surface area contributed by atoms with Gasteiger partial charge in [0.15, 0.2) is 5.82 Å². The minimum absolute atomic E-state index is 0.180. The van der Waals surface area contributed by atoms with Gasteiger partial charge in [-0.1, -0.05) is 12.2 Å². The van der Waals surface area contributed by atoms with Crippen LogP contribution < -0.4 is 10.6 Å². The molecule has 6 nitrogen and oxygen atoms in total. The number of nitrogens with zero attached hydrogens (tertiary/aromatic N) is 4. The number of nitrogens with two attached hydrogens (primary N) is 1. The Labute approximate surface area is 130 Å². The summed E-state index contributed by atoms with van der Waals surface area (Å²) in [5.74, 6) is 0.689. The highest BCUT2D eigenvalue weighted by Crippen LogP contribution is 2.29. The molecule has 0 amide bonds. The fourth-order valence-electron chi connectivity index (χ4n) is 2.84. The monoisotopic (exact) mass is 309 g/mol. The molecule has 1 aliphatic rings. The third-order valence-corrected chi connectivity index (χ3v) is 4.13. The zero-order valence-corrected chi connectivity index (χ0v) is 13.8. The van der Waals surface area contributed by atoms with Crippen LogP contribution in [0.2, 0.25) is 0 Å². The Balaban J connectivity index is 2.44. The van der Waals surface area contributed by atoms with Crippen molar-refractivity contribution >= 4 is 23.0 Å². The molecule has 0 bridgehead atoms. The lowest BCUT2D eigenvalue weighted by atomic mass is 10.1. The van der Waals surface area contributed by atoms with E-state index in [1.54, 1.807) is 0 Å². The van der Waals surface area contributed by atoms with E-state index < -0.39 is 0 Å². The second-order valence-corrected chi connectivity index (χ2v) is 6.37. The number of hydrogen-bond acceptors (Lipinski definition) is 6. The second-order valence-electron chi connectivity index (χ2n) is 5.93. The SMILES string of the molecule is Cc1nnc(N2CC(O)CC2CN(C)C)c(C(N)=S)c1C. The van der Waals surface area contributed by atoms with Crippen LogP contribution in [0.5, 0.6) is 0 Å². The Morgan fingerprint density at radius 3 is 2.67 bits per heavy atom. The molecule has 21 heavy (non-hydrogen) atoms. The number of aryl methyl sites for hydroxylation is 1. The summed E-state index contributed by atoms with van der Waals surface area (Å²) in [6, 6.07) is 0.180. The first kappa shape index (κ1) is 16.1. The molecule has 2 heterocycles. The standard InChI is InChI=1S/C14H23N5OS/c1-8-9(2)16-17-14(12(8)13(15)21)19-7-11(20)5-10(19)6-18(3)4/h10-11,20H,5-7H2,1-4H3,(H2,15,21). The third kappa shape index (κ3) is 3.30. The van der Waals surface area contributed by atoms with Crippen LogP contribution in [-0.2, 0) is 0 Å². The summed E-state index contributed by atoms with van der Waals surface area (Å²) in [6.07, 6.45) is 0.348. The number of β-amino-alcohol motifs (C(OH)–C–C–N with tert-alkyl or cyclic N) is 1. The largest absolute Gasteiger partial charge is 0.391 e. The summed E-state index contributed by atoms with van der Waals surface area (Å²) >= 11 is 5.20. The van der Waals surface area contributed by atoms with Crippen LogP contribution in [0.3, 0.4) is 0 Å². The number of anilines is 1. The van der Waals surface area contributed by atoms with Crippen molar-refractivity contribution in [2.75, 3.05) is 32.1 Å². The Hall–Kier alpha value is -1.31. The van der Waals surface area contributed by atoms with Crippen molar-refractivity contribution in [1.29, 1.82) is 0 Å². The minimum atomic E-state index is -0.363. The summed E-state index contributed by atoms with van der Waals surface area (Å²) in [5, 5.41) is 18.5. The Kier molecular flexibility index (Phi) is 4.75. The molecule has 0 saturated carbocycles. The van der Waals surface area contributed by atoms with Gasteiger partial charge in [0.2, 0.25) is 0 Å². The minimum Gasteiger partial charge on any atom is -0.391 e. The number of likely N-dealkylation sites (N-methyl/N-ethyl adjacent to an activating group) is 1. The molecule has 1 aliphatic heterocycles. The molecular formula is C14H23N5OS. The predicted molar refractivity (Wildman–Crippen MR) is 87.7 cm³/mol. The van der Waals surface area contributed by atoms with Gasteiger partial charge < -0.3 is 20.6 Å². The lowest BCUT2D eigenvalue weighted by Gasteiger charge is -2.29. The predicted octanol–water partition coefficient (Wildman–Crippen LogP) is 0.229. The van der Waals surface area contributed by atoms with Crippen LogP contribution in [0.25, 0.3) is 0 Å². The van der Waals surface area contributed by atoms with Crippen molar-refractivity contribution in [2.45, 2.75) is 32.4 Å². The van der Waals surface area contributed by atoms with E-state index >= 15 is 0 Å². The highest BCUT2D eigenvalue weighted by atomic mass is 32.1. The maximum Gasteiger partial charge on any atom is 0.162 e. The number of rotatable bonds is 4. The van der Waals surface area contributed by atoms with Gasteiger partial charge in [-0.05, 0) is 39.9 Å². The van der Waals surface area contributed by atoms with Gasteiger partial charge in [-0.25, -0.2) is 0 Å². The smallest absolute Gasteiger partial charge is 0.162 e. The van der Waals surface area contributed by atoms with Gasteiger partial charge in [0.05, 0.1) is 17.4 Å². The molecule has 116 valence electrons. The number of hydrogen-bond donors (Lipinski definition) is 2. The van der Waals surface area contributed by atoms with Crippen molar-refractivity contribution in [3.05, 3.63) is 16.8 Å². The molecule has 1 aromatic heterocycles. The van der Waals surface area contributed by atoms with Gasteiger partial charge in [0, 0.05) is 19.1 Å². The van der Waals surface area contributed by atoms with Crippen molar-refractivity contribution in [1.82, 2.24) is 15.1 Å². The fourth-order valence-corrected chi connectivity index (χ4v) is 3.08.